The SMILES string of the molecule is CC(C)c1nnsc1C(=O)N1CCC(CC(=O)O)CC1. The van der Waals surface area contributed by atoms with Crippen molar-refractivity contribution in [3.63, 3.8) is 0 Å². The summed E-state index contributed by atoms with van der Waals surface area (Å²) in [4.78, 5) is 25.6. The van der Waals surface area contributed by atoms with Gasteiger partial charge in [-0.2, -0.15) is 0 Å². The van der Waals surface area contributed by atoms with E-state index in [1.54, 1.807) is 4.90 Å². The zero-order valence-electron chi connectivity index (χ0n) is 11.7. The van der Waals surface area contributed by atoms with Crippen LogP contribution in [0.15, 0.2) is 0 Å². The van der Waals surface area contributed by atoms with Crippen molar-refractivity contribution in [1.82, 2.24) is 14.5 Å². The molecule has 110 valence electrons. The zero-order valence-corrected chi connectivity index (χ0v) is 12.5. The number of hydrogen-bond acceptors (Lipinski definition) is 5. The van der Waals surface area contributed by atoms with Crippen molar-refractivity contribution in [2.24, 2.45) is 5.92 Å². The maximum Gasteiger partial charge on any atom is 0.303 e. The highest BCUT2D eigenvalue weighted by atomic mass is 32.1. The largest absolute Gasteiger partial charge is 0.481 e. The molecule has 1 aromatic heterocycles. The third-order valence-corrected chi connectivity index (χ3v) is 4.35. The van der Waals surface area contributed by atoms with E-state index >= 15 is 0 Å². The van der Waals surface area contributed by atoms with Gasteiger partial charge in [0.15, 0.2) is 0 Å². The predicted octanol–water partition coefficient (Wildman–Crippen LogP) is 1.99. The van der Waals surface area contributed by atoms with Crippen LogP contribution in [0.2, 0.25) is 0 Å². The molecule has 1 aromatic rings. The van der Waals surface area contributed by atoms with Crippen LogP contribution in [-0.2, 0) is 4.79 Å². The van der Waals surface area contributed by atoms with Crippen molar-refractivity contribution >= 4 is 23.4 Å². The van der Waals surface area contributed by atoms with Crippen molar-refractivity contribution < 1.29 is 14.7 Å². The summed E-state index contributed by atoms with van der Waals surface area (Å²) in [5.74, 6) is -0.418. The number of aromatic nitrogens is 2. The van der Waals surface area contributed by atoms with Crippen LogP contribution >= 0.6 is 11.5 Å². The normalized spacial score (nSPS) is 16.6. The average Bonchev–Trinajstić information content (AvgIpc) is 2.87. The van der Waals surface area contributed by atoms with Gasteiger partial charge in [-0.15, -0.1) is 5.10 Å². The Morgan fingerprint density at radius 3 is 2.60 bits per heavy atom. The Morgan fingerprint density at radius 2 is 2.05 bits per heavy atom. The molecular formula is C13H19N3O3S. The molecule has 1 N–H and O–H groups in total. The van der Waals surface area contributed by atoms with Gasteiger partial charge in [0.05, 0.1) is 5.69 Å². The Morgan fingerprint density at radius 1 is 1.40 bits per heavy atom. The van der Waals surface area contributed by atoms with Gasteiger partial charge >= 0.3 is 5.97 Å². The highest BCUT2D eigenvalue weighted by Gasteiger charge is 2.28. The minimum Gasteiger partial charge on any atom is -0.481 e. The average molecular weight is 297 g/mol. The smallest absolute Gasteiger partial charge is 0.303 e. The standard InChI is InChI=1S/C13H19N3O3S/c1-8(2)11-12(20-15-14-11)13(19)16-5-3-9(4-6-16)7-10(17)18/h8-9H,3-7H2,1-2H3,(H,17,18). The number of carboxylic acids is 1. The number of rotatable bonds is 4. The molecule has 0 unspecified atom stereocenters. The maximum atomic E-state index is 12.5. The molecule has 0 spiro atoms. The summed E-state index contributed by atoms with van der Waals surface area (Å²) in [6, 6.07) is 0. The molecule has 20 heavy (non-hydrogen) atoms. The van der Waals surface area contributed by atoms with Crippen molar-refractivity contribution in [3.05, 3.63) is 10.6 Å². The highest BCUT2D eigenvalue weighted by molar-refractivity contribution is 7.08. The van der Waals surface area contributed by atoms with Crippen LogP contribution in [-0.4, -0.2) is 44.6 Å². The fourth-order valence-corrected chi connectivity index (χ4v) is 3.24. The predicted molar refractivity (Wildman–Crippen MR) is 74.9 cm³/mol. The number of nitrogens with zero attached hydrogens (tertiary/aromatic N) is 3. The van der Waals surface area contributed by atoms with Gasteiger partial charge in [-0.25, -0.2) is 0 Å². The number of aliphatic carboxylic acids is 1. The summed E-state index contributed by atoms with van der Waals surface area (Å²) < 4.78 is 3.88. The first kappa shape index (κ1) is 14.9. The summed E-state index contributed by atoms with van der Waals surface area (Å²) in [7, 11) is 0. The molecule has 0 bridgehead atoms. The first-order valence-corrected chi connectivity index (χ1v) is 7.59. The number of likely N-dealkylation sites (tertiary alicyclic amines) is 1. The summed E-state index contributed by atoms with van der Waals surface area (Å²) in [5, 5.41) is 12.8. The van der Waals surface area contributed by atoms with Gasteiger partial charge in [-0.3, -0.25) is 9.59 Å². The van der Waals surface area contributed by atoms with E-state index in [-0.39, 0.29) is 24.2 Å². The number of carbonyl (C=O) groups excluding carboxylic acids is 1. The Kier molecular flexibility index (Phi) is 4.69. The van der Waals surface area contributed by atoms with Gasteiger partial charge in [0.2, 0.25) is 0 Å². The fraction of sp³-hybridized carbons (Fsp3) is 0.692. The molecule has 0 radical (unpaired) electrons. The Bertz CT molecular complexity index is 493. The Hall–Kier alpha value is -1.50. The van der Waals surface area contributed by atoms with Crippen molar-refractivity contribution in [2.75, 3.05) is 13.1 Å². The molecule has 0 atom stereocenters. The first-order chi connectivity index (χ1) is 9.49. The van der Waals surface area contributed by atoms with Crippen molar-refractivity contribution in [3.8, 4) is 0 Å². The van der Waals surface area contributed by atoms with Crippen LogP contribution in [0.3, 0.4) is 0 Å². The molecule has 1 saturated heterocycles. The van der Waals surface area contributed by atoms with Crippen LogP contribution in [0.25, 0.3) is 0 Å². The molecule has 1 aliphatic rings. The van der Waals surface area contributed by atoms with E-state index < -0.39 is 5.97 Å². The second kappa shape index (κ2) is 6.30. The van der Waals surface area contributed by atoms with Gasteiger partial charge in [0.25, 0.3) is 5.91 Å². The van der Waals surface area contributed by atoms with Crippen LogP contribution in [0.4, 0.5) is 0 Å². The lowest BCUT2D eigenvalue weighted by Gasteiger charge is -2.31. The lowest BCUT2D eigenvalue weighted by Crippen LogP contribution is -2.39. The molecule has 0 saturated carbocycles. The number of amides is 1. The quantitative estimate of drug-likeness (QED) is 0.918. The van der Waals surface area contributed by atoms with Crippen LogP contribution in [0.5, 0.6) is 0 Å². The maximum absolute atomic E-state index is 12.5. The van der Waals surface area contributed by atoms with Crippen molar-refractivity contribution in [2.45, 2.75) is 39.0 Å². The second-order valence-electron chi connectivity index (χ2n) is 5.48. The molecule has 1 amide bonds. The first-order valence-electron chi connectivity index (χ1n) is 6.82. The summed E-state index contributed by atoms with van der Waals surface area (Å²) in [6.07, 6.45) is 1.70. The molecule has 2 rings (SSSR count). The van der Waals surface area contributed by atoms with E-state index in [4.69, 9.17) is 5.11 Å². The molecule has 6 nitrogen and oxygen atoms in total. The lowest BCUT2D eigenvalue weighted by atomic mass is 9.93. The van der Waals surface area contributed by atoms with Crippen LogP contribution in [0.1, 0.15) is 54.4 Å². The third kappa shape index (κ3) is 3.33. The number of carboxylic acid groups (broad SMARTS) is 1. The van der Waals surface area contributed by atoms with Crippen molar-refractivity contribution in [1.29, 1.82) is 0 Å². The molecule has 7 heteroatoms. The van der Waals surface area contributed by atoms with Gasteiger partial charge < -0.3 is 10.0 Å². The molecule has 1 fully saturated rings. The third-order valence-electron chi connectivity index (χ3n) is 3.62. The summed E-state index contributed by atoms with van der Waals surface area (Å²) in [5.41, 5.74) is 0.757. The van der Waals surface area contributed by atoms with E-state index in [1.807, 2.05) is 13.8 Å². The minimum atomic E-state index is -0.761. The summed E-state index contributed by atoms with van der Waals surface area (Å²) >= 11 is 1.14. The van der Waals surface area contributed by atoms with Gasteiger partial charge in [-0.05, 0) is 36.2 Å². The fourth-order valence-electron chi connectivity index (χ4n) is 2.45. The van der Waals surface area contributed by atoms with E-state index in [0.29, 0.717) is 18.0 Å². The molecule has 1 aliphatic heterocycles. The number of piperidine rings is 1. The molecule has 0 aromatic carbocycles. The monoisotopic (exact) mass is 297 g/mol. The lowest BCUT2D eigenvalue weighted by molar-refractivity contribution is -0.138. The molecular weight excluding hydrogens is 278 g/mol. The van der Waals surface area contributed by atoms with E-state index in [0.717, 1.165) is 30.1 Å². The van der Waals surface area contributed by atoms with Crippen LogP contribution < -0.4 is 0 Å². The molecule has 0 aliphatic carbocycles. The van der Waals surface area contributed by atoms with Gasteiger partial charge in [-0.1, -0.05) is 18.3 Å². The topological polar surface area (TPSA) is 83.4 Å². The number of carbonyl (C=O) groups is 2. The summed E-state index contributed by atoms with van der Waals surface area (Å²) in [6.45, 7) is 5.22. The highest BCUT2D eigenvalue weighted by Crippen LogP contribution is 2.25. The van der Waals surface area contributed by atoms with E-state index in [1.165, 1.54) is 0 Å². The van der Waals surface area contributed by atoms with Gasteiger partial charge in [0, 0.05) is 19.5 Å². The van der Waals surface area contributed by atoms with Gasteiger partial charge in [0.1, 0.15) is 4.88 Å². The zero-order chi connectivity index (χ0) is 14.7. The Balaban J connectivity index is 1.98. The minimum absolute atomic E-state index is 0.0162. The van der Waals surface area contributed by atoms with E-state index in [2.05, 4.69) is 9.59 Å². The second-order valence-corrected chi connectivity index (χ2v) is 6.23. The van der Waals surface area contributed by atoms with Crippen LogP contribution in [0, 0.1) is 5.92 Å². The molecule has 2 heterocycles. The van der Waals surface area contributed by atoms with E-state index in [9.17, 15) is 9.59 Å². The number of hydrogen-bond donors (Lipinski definition) is 1. The Labute approximate surface area is 122 Å².